The van der Waals surface area contributed by atoms with Gasteiger partial charge in [0.1, 0.15) is 0 Å². The molecule has 100 valence electrons. The van der Waals surface area contributed by atoms with Crippen LogP contribution in [0.1, 0.15) is 12.0 Å². The van der Waals surface area contributed by atoms with Crippen LogP contribution in [0.3, 0.4) is 0 Å². The lowest BCUT2D eigenvalue weighted by molar-refractivity contribution is 0.240. The van der Waals surface area contributed by atoms with E-state index in [1.54, 1.807) is 12.1 Å². The molecule has 0 aliphatic heterocycles. The number of rotatable bonds is 6. The average molecular weight is 290 g/mol. The van der Waals surface area contributed by atoms with Crippen molar-refractivity contribution in [3.8, 4) is 0 Å². The number of nitrogens with one attached hydrogen (secondary N) is 3. The van der Waals surface area contributed by atoms with Crippen LogP contribution in [-0.2, 0) is 6.54 Å². The summed E-state index contributed by atoms with van der Waals surface area (Å²) in [6, 6.07) is 5.10. The first kappa shape index (κ1) is 15.1. The molecule has 18 heavy (non-hydrogen) atoms. The van der Waals surface area contributed by atoms with Crippen LogP contribution in [0.15, 0.2) is 18.2 Å². The Bertz CT molecular complexity index is 399. The van der Waals surface area contributed by atoms with Crippen molar-refractivity contribution in [2.45, 2.75) is 13.0 Å². The van der Waals surface area contributed by atoms with E-state index in [9.17, 15) is 4.79 Å². The minimum atomic E-state index is -0.183. The molecule has 0 aliphatic rings. The minimum absolute atomic E-state index is 0.183. The first-order valence-electron chi connectivity index (χ1n) is 5.73. The Labute approximate surface area is 117 Å². The molecular formula is C12H17Cl2N3O. The molecule has 0 fully saturated rings. The second-order valence-electron chi connectivity index (χ2n) is 3.82. The summed E-state index contributed by atoms with van der Waals surface area (Å²) in [5.41, 5.74) is 0.912. The highest BCUT2D eigenvalue weighted by Crippen LogP contribution is 2.22. The molecule has 0 spiro atoms. The van der Waals surface area contributed by atoms with E-state index in [0.717, 1.165) is 18.5 Å². The highest BCUT2D eigenvalue weighted by Gasteiger charge is 2.02. The number of carbonyl (C=O) groups excluding carboxylic acids is 1. The molecule has 1 aromatic rings. The lowest BCUT2D eigenvalue weighted by Crippen LogP contribution is -2.36. The molecule has 3 N–H and O–H groups in total. The zero-order chi connectivity index (χ0) is 13.4. The van der Waals surface area contributed by atoms with Crippen molar-refractivity contribution in [1.82, 2.24) is 16.0 Å². The zero-order valence-corrected chi connectivity index (χ0v) is 11.7. The van der Waals surface area contributed by atoms with Gasteiger partial charge in [0.2, 0.25) is 0 Å². The fourth-order valence-corrected chi connectivity index (χ4v) is 1.68. The van der Waals surface area contributed by atoms with Gasteiger partial charge in [-0.15, -0.1) is 0 Å². The standard InChI is InChI=1S/C12H17Cl2N3O/c1-15-5-2-6-16-12(18)17-8-9-3-4-10(13)11(14)7-9/h3-4,7,15H,2,5-6,8H2,1H3,(H2,16,17,18). The molecule has 0 heterocycles. The molecule has 0 radical (unpaired) electrons. The van der Waals surface area contributed by atoms with Gasteiger partial charge in [0.15, 0.2) is 0 Å². The summed E-state index contributed by atoms with van der Waals surface area (Å²) >= 11 is 11.7. The van der Waals surface area contributed by atoms with Gasteiger partial charge < -0.3 is 16.0 Å². The smallest absolute Gasteiger partial charge is 0.315 e. The van der Waals surface area contributed by atoms with E-state index in [0.29, 0.717) is 23.1 Å². The number of urea groups is 1. The largest absolute Gasteiger partial charge is 0.338 e. The number of carbonyl (C=O) groups is 1. The Kier molecular flexibility index (Phi) is 6.86. The number of amides is 2. The van der Waals surface area contributed by atoms with Crippen LogP contribution in [0, 0.1) is 0 Å². The Morgan fingerprint density at radius 3 is 2.61 bits per heavy atom. The van der Waals surface area contributed by atoms with Crippen molar-refractivity contribution >= 4 is 29.2 Å². The SMILES string of the molecule is CNCCCNC(=O)NCc1ccc(Cl)c(Cl)c1. The monoisotopic (exact) mass is 289 g/mol. The van der Waals surface area contributed by atoms with Crippen molar-refractivity contribution in [3.05, 3.63) is 33.8 Å². The maximum atomic E-state index is 11.4. The maximum absolute atomic E-state index is 11.4. The number of hydrogen-bond donors (Lipinski definition) is 3. The molecule has 1 rings (SSSR count). The molecule has 2 amide bonds. The summed E-state index contributed by atoms with van der Waals surface area (Å²) in [7, 11) is 1.88. The van der Waals surface area contributed by atoms with Gasteiger partial charge in [0, 0.05) is 13.1 Å². The quantitative estimate of drug-likeness (QED) is 0.705. The van der Waals surface area contributed by atoms with Gasteiger partial charge in [0.25, 0.3) is 0 Å². The summed E-state index contributed by atoms with van der Waals surface area (Å²) < 4.78 is 0. The third-order valence-corrected chi connectivity index (χ3v) is 3.07. The molecule has 1 aromatic carbocycles. The van der Waals surface area contributed by atoms with Crippen LogP contribution in [0.5, 0.6) is 0 Å². The van der Waals surface area contributed by atoms with E-state index >= 15 is 0 Å². The van der Waals surface area contributed by atoms with E-state index < -0.39 is 0 Å². The Balaban J connectivity index is 2.27. The highest BCUT2D eigenvalue weighted by atomic mass is 35.5. The first-order valence-corrected chi connectivity index (χ1v) is 6.49. The fourth-order valence-electron chi connectivity index (χ4n) is 1.36. The summed E-state index contributed by atoms with van der Waals surface area (Å²) in [4.78, 5) is 11.4. The average Bonchev–Trinajstić information content (AvgIpc) is 2.36. The van der Waals surface area contributed by atoms with Gasteiger partial charge in [-0.3, -0.25) is 0 Å². The lowest BCUT2D eigenvalue weighted by Gasteiger charge is -2.08. The van der Waals surface area contributed by atoms with Crippen LogP contribution in [0.25, 0.3) is 0 Å². The molecule has 0 saturated carbocycles. The topological polar surface area (TPSA) is 53.2 Å². The van der Waals surface area contributed by atoms with E-state index in [1.807, 2.05) is 13.1 Å². The first-order chi connectivity index (χ1) is 8.63. The summed E-state index contributed by atoms with van der Waals surface area (Å²) in [5.74, 6) is 0. The van der Waals surface area contributed by atoms with Gasteiger partial charge in [-0.25, -0.2) is 4.79 Å². The second-order valence-corrected chi connectivity index (χ2v) is 4.63. The van der Waals surface area contributed by atoms with Crippen molar-refractivity contribution in [1.29, 1.82) is 0 Å². The molecule has 0 unspecified atom stereocenters. The molecule has 0 atom stereocenters. The van der Waals surface area contributed by atoms with Gasteiger partial charge in [-0.1, -0.05) is 29.3 Å². The van der Waals surface area contributed by atoms with Crippen LogP contribution >= 0.6 is 23.2 Å². The van der Waals surface area contributed by atoms with Gasteiger partial charge >= 0.3 is 6.03 Å². The van der Waals surface area contributed by atoms with E-state index in [2.05, 4.69) is 16.0 Å². The van der Waals surface area contributed by atoms with Crippen molar-refractivity contribution in [3.63, 3.8) is 0 Å². The van der Waals surface area contributed by atoms with Crippen molar-refractivity contribution in [2.24, 2.45) is 0 Å². The van der Waals surface area contributed by atoms with Crippen molar-refractivity contribution < 1.29 is 4.79 Å². The summed E-state index contributed by atoms with van der Waals surface area (Å²) in [6.07, 6.45) is 0.899. The van der Waals surface area contributed by atoms with Crippen molar-refractivity contribution in [2.75, 3.05) is 20.1 Å². The highest BCUT2D eigenvalue weighted by molar-refractivity contribution is 6.42. The molecule has 4 nitrogen and oxygen atoms in total. The Morgan fingerprint density at radius 2 is 1.94 bits per heavy atom. The predicted octanol–water partition coefficient (Wildman–Crippen LogP) is 2.40. The van der Waals surface area contributed by atoms with E-state index in [4.69, 9.17) is 23.2 Å². The minimum Gasteiger partial charge on any atom is -0.338 e. The van der Waals surface area contributed by atoms with Gasteiger partial charge in [-0.05, 0) is 37.7 Å². The normalized spacial score (nSPS) is 10.2. The number of hydrogen-bond acceptors (Lipinski definition) is 2. The van der Waals surface area contributed by atoms with E-state index in [-0.39, 0.29) is 6.03 Å². The predicted molar refractivity (Wildman–Crippen MR) is 75.2 cm³/mol. The molecule has 0 saturated heterocycles. The second kappa shape index (κ2) is 8.19. The van der Waals surface area contributed by atoms with Crippen LogP contribution in [0.4, 0.5) is 4.79 Å². The molecule has 6 heteroatoms. The van der Waals surface area contributed by atoms with Gasteiger partial charge in [-0.2, -0.15) is 0 Å². The number of benzene rings is 1. The summed E-state index contributed by atoms with van der Waals surface area (Å²) in [5, 5.41) is 9.53. The zero-order valence-electron chi connectivity index (χ0n) is 10.2. The third-order valence-electron chi connectivity index (χ3n) is 2.33. The van der Waals surface area contributed by atoms with Crippen LogP contribution in [-0.4, -0.2) is 26.2 Å². The fraction of sp³-hybridized carbons (Fsp3) is 0.417. The van der Waals surface area contributed by atoms with Crippen LogP contribution < -0.4 is 16.0 Å². The van der Waals surface area contributed by atoms with Crippen LogP contribution in [0.2, 0.25) is 10.0 Å². The maximum Gasteiger partial charge on any atom is 0.315 e. The number of halogens is 2. The molecule has 0 aliphatic carbocycles. The Morgan fingerprint density at radius 1 is 1.17 bits per heavy atom. The molecular weight excluding hydrogens is 273 g/mol. The molecule has 0 aromatic heterocycles. The summed E-state index contributed by atoms with van der Waals surface area (Å²) in [6.45, 7) is 1.95. The van der Waals surface area contributed by atoms with E-state index in [1.165, 1.54) is 0 Å². The third kappa shape index (κ3) is 5.58. The Hall–Kier alpha value is -0.970. The lowest BCUT2D eigenvalue weighted by atomic mass is 10.2. The van der Waals surface area contributed by atoms with Gasteiger partial charge in [0.05, 0.1) is 10.0 Å². The molecule has 0 bridgehead atoms.